The molecule has 2 aromatic heterocycles. The Morgan fingerprint density at radius 1 is 1.48 bits per heavy atom. The van der Waals surface area contributed by atoms with Crippen LogP contribution in [0.2, 0.25) is 0 Å². The normalized spacial score (nSPS) is 27.9. The fraction of sp³-hybridized carbons (Fsp3) is 0.615. The number of rotatable bonds is 4. The molecule has 6 N–H and O–H groups in total. The second-order valence-electron chi connectivity index (χ2n) is 6.08. The quantitative estimate of drug-likeness (QED) is 0.305. The number of anilines is 2. The zero-order valence-electron chi connectivity index (χ0n) is 12.9. The molecule has 4 atom stereocenters. The molecule has 0 aliphatic carbocycles. The Labute approximate surface area is 138 Å². The first-order valence-corrected chi connectivity index (χ1v) is 7.92. The van der Waals surface area contributed by atoms with Crippen LogP contribution in [0.5, 0.6) is 0 Å². The minimum absolute atomic E-state index is 0.151. The van der Waals surface area contributed by atoms with Crippen LogP contribution in [-0.4, -0.2) is 42.1 Å². The molecule has 0 spiro atoms. The van der Waals surface area contributed by atoms with E-state index in [1.807, 2.05) is 0 Å². The first-order chi connectivity index (χ1) is 10.9. The molecule has 0 saturated carbocycles. The topological polar surface area (TPSA) is 137 Å². The predicted molar refractivity (Wildman–Crippen MR) is 89.7 cm³/mol. The van der Waals surface area contributed by atoms with Gasteiger partial charge in [-0.2, -0.15) is 22.6 Å². The maximum Gasteiger partial charge on any atom is 0.241 e. The monoisotopic (exact) mass is 339 g/mol. The standard InChI is InChI=1S/C13H21N7O2S/c1-5(2)3-6-9(23)8(21)12(22-6)20-4-16-7-10(14)17-13(19-15)18-11(7)20/h4-6,8-9,12,21,23H,3,15H2,1-2H3,(H3,14,17,18,19)/t6-,8-,9-,12-/m1/s1. The fourth-order valence-corrected chi connectivity index (χ4v) is 3.15. The van der Waals surface area contributed by atoms with Crippen LogP contribution in [0.4, 0.5) is 11.8 Å². The number of imidazole rings is 1. The number of ether oxygens (including phenoxy) is 1. The van der Waals surface area contributed by atoms with Crippen molar-refractivity contribution in [3.8, 4) is 0 Å². The molecule has 9 nitrogen and oxygen atoms in total. The van der Waals surface area contributed by atoms with Gasteiger partial charge in [0.25, 0.3) is 0 Å². The zero-order chi connectivity index (χ0) is 16.7. The lowest BCUT2D eigenvalue weighted by atomic mass is 10.0. The summed E-state index contributed by atoms with van der Waals surface area (Å²) in [5.74, 6) is 6.17. The van der Waals surface area contributed by atoms with Gasteiger partial charge in [-0.15, -0.1) is 0 Å². The first kappa shape index (κ1) is 16.2. The second kappa shape index (κ2) is 6.11. The van der Waals surface area contributed by atoms with Crippen molar-refractivity contribution in [2.24, 2.45) is 11.8 Å². The number of nitrogens with two attached hydrogens (primary N) is 2. The number of hydrogen-bond donors (Lipinski definition) is 5. The predicted octanol–water partition coefficient (Wildman–Crippen LogP) is 0.297. The summed E-state index contributed by atoms with van der Waals surface area (Å²) >= 11 is 4.50. The molecule has 2 aromatic rings. The van der Waals surface area contributed by atoms with Gasteiger partial charge in [0.2, 0.25) is 5.95 Å². The van der Waals surface area contributed by atoms with Crippen molar-refractivity contribution >= 4 is 35.6 Å². The van der Waals surface area contributed by atoms with Crippen molar-refractivity contribution in [3.05, 3.63) is 6.33 Å². The van der Waals surface area contributed by atoms with E-state index in [4.69, 9.17) is 16.3 Å². The maximum absolute atomic E-state index is 10.5. The van der Waals surface area contributed by atoms with Crippen LogP contribution in [0.15, 0.2) is 6.33 Å². The van der Waals surface area contributed by atoms with Gasteiger partial charge in [-0.3, -0.25) is 9.99 Å². The number of aliphatic hydroxyl groups excluding tert-OH is 1. The molecule has 1 saturated heterocycles. The lowest BCUT2D eigenvalue weighted by Crippen LogP contribution is -2.27. The van der Waals surface area contributed by atoms with Crippen molar-refractivity contribution in [1.29, 1.82) is 0 Å². The minimum Gasteiger partial charge on any atom is -0.387 e. The molecule has 0 amide bonds. The minimum atomic E-state index is -0.787. The highest BCUT2D eigenvalue weighted by Crippen LogP contribution is 2.37. The van der Waals surface area contributed by atoms with E-state index >= 15 is 0 Å². The molecular formula is C13H21N7O2S. The third-order valence-electron chi connectivity index (χ3n) is 3.89. The lowest BCUT2D eigenvalue weighted by Gasteiger charge is -2.17. The summed E-state index contributed by atoms with van der Waals surface area (Å²) in [6, 6.07) is 0. The van der Waals surface area contributed by atoms with Gasteiger partial charge in [0.15, 0.2) is 17.7 Å². The largest absolute Gasteiger partial charge is 0.387 e. The van der Waals surface area contributed by atoms with Gasteiger partial charge in [0, 0.05) is 0 Å². The second-order valence-corrected chi connectivity index (χ2v) is 6.67. The summed E-state index contributed by atoms with van der Waals surface area (Å²) in [6.07, 6.45) is 0.765. The molecule has 1 aliphatic heterocycles. The van der Waals surface area contributed by atoms with Crippen LogP contribution in [0.25, 0.3) is 11.2 Å². The van der Waals surface area contributed by atoms with Crippen LogP contribution in [0, 0.1) is 5.92 Å². The molecule has 0 aromatic carbocycles. The average Bonchev–Trinajstić information content (AvgIpc) is 3.03. The van der Waals surface area contributed by atoms with Gasteiger partial charge < -0.3 is 15.6 Å². The molecule has 3 rings (SSSR count). The molecule has 1 aliphatic rings. The Hall–Kier alpha value is -1.62. The number of nitrogens with zero attached hydrogens (tertiary/aromatic N) is 4. The van der Waals surface area contributed by atoms with Crippen molar-refractivity contribution in [2.75, 3.05) is 11.2 Å². The third-order valence-corrected chi connectivity index (χ3v) is 4.53. The van der Waals surface area contributed by atoms with E-state index < -0.39 is 12.3 Å². The molecule has 0 radical (unpaired) electrons. The summed E-state index contributed by atoms with van der Waals surface area (Å²) in [4.78, 5) is 12.5. The number of aromatic nitrogens is 4. The van der Waals surface area contributed by atoms with E-state index in [0.29, 0.717) is 17.1 Å². The van der Waals surface area contributed by atoms with Gasteiger partial charge in [0.1, 0.15) is 11.6 Å². The summed E-state index contributed by atoms with van der Waals surface area (Å²) < 4.78 is 7.65. The van der Waals surface area contributed by atoms with E-state index in [1.165, 1.54) is 6.33 Å². The van der Waals surface area contributed by atoms with Crippen LogP contribution in [0.1, 0.15) is 26.5 Å². The summed E-state index contributed by atoms with van der Waals surface area (Å²) in [5, 5.41) is 10.2. The smallest absolute Gasteiger partial charge is 0.241 e. The number of fused-ring (bicyclic) bond motifs is 1. The maximum atomic E-state index is 10.5. The van der Waals surface area contributed by atoms with Crippen molar-refractivity contribution in [1.82, 2.24) is 19.5 Å². The number of hydrogen-bond acceptors (Lipinski definition) is 9. The highest BCUT2D eigenvalue weighted by molar-refractivity contribution is 7.81. The highest BCUT2D eigenvalue weighted by atomic mass is 32.1. The molecule has 3 heterocycles. The number of nitrogen functional groups attached to an aromatic ring is 2. The van der Waals surface area contributed by atoms with Crippen LogP contribution in [-0.2, 0) is 4.74 Å². The number of aliphatic hydroxyl groups is 1. The Morgan fingerprint density at radius 3 is 2.87 bits per heavy atom. The molecule has 0 unspecified atom stereocenters. The van der Waals surface area contributed by atoms with E-state index in [-0.39, 0.29) is 23.1 Å². The van der Waals surface area contributed by atoms with Crippen molar-refractivity contribution < 1.29 is 9.84 Å². The highest BCUT2D eigenvalue weighted by Gasteiger charge is 2.43. The molecule has 1 fully saturated rings. The summed E-state index contributed by atoms with van der Waals surface area (Å²) in [5.41, 5.74) is 9.10. The zero-order valence-corrected chi connectivity index (χ0v) is 13.8. The number of thiol groups is 1. The Balaban J connectivity index is 1.98. The number of nitrogens with one attached hydrogen (secondary N) is 1. The Morgan fingerprint density at radius 2 is 2.22 bits per heavy atom. The van der Waals surface area contributed by atoms with Gasteiger partial charge in [-0.25, -0.2) is 10.8 Å². The van der Waals surface area contributed by atoms with Crippen molar-refractivity contribution in [3.63, 3.8) is 0 Å². The van der Waals surface area contributed by atoms with Gasteiger partial charge in [0.05, 0.1) is 17.7 Å². The third kappa shape index (κ3) is 2.82. The molecule has 126 valence electrons. The molecular weight excluding hydrogens is 318 g/mol. The Bertz CT molecular complexity index is 707. The Kier molecular flexibility index (Phi) is 4.32. The van der Waals surface area contributed by atoms with Crippen LogP contribution in [0.3, 0.4) is 0 Å². The number of hydrazine groups is 1. The molecule has 0 bridgehead atoms. The first-order valence-electron chi connectivity index (χ1n) is 7.40. The van der Waals surface area contributed by atoms with E-state index in [0.717, 1.165) is 6.42 Å². The van der Waals surface area contributed by atoms with Crippen LogP contribution < -0.4 is 17.0 Å². The summed E-state index contributed by atoms with van der Waals surface area (Å²) in [6.45, 7) is 4.20. The van der Waals surface area contributed by atoms with E-state index in [2.05, 4.69) is 46.9 Å². The van der Waals surface area contributed by atoms with Gasteiger partial charge in [-0.05, 0) is 12.3 Å². The average molecular weight is 339 g/mol. The van der Waals surface area contributed by atoms with Crippen molar-refractivity contribution in [2.45, 2.75) is 44.0 Å². The molecule has 23 heavy (non-hydrogen) atoms. The van der Waals surface area contributed by atoms with Gasteiger partial charge in [-0.1, -0.05) is 13.8 Å². The fourth-order valence-electron chi connectivity index (χ4n) is 2.81. The van der Waals surface area contributed by atoms with Gasteiger partial charge >= 0.3 is 0 Å². The summed E-state index contributed by atoms with van der Waals surface area (Å²) in [7, 11) is 0. The van der Waals surface area contributed by atoms with Crippen LogP contribution >= 0.6 is 12.6 Å². The SMILES string of the molecule is CC(C)C[C@H]1O[C@@H](n2cnc3c(N)nc(NN)nc32)[C@H](O)[C@@H]1S. The molecule has 10 heteroatoms. The van der Waals surface area contributed by atoms with E-state index in [9.17, 15) is 5.11 Å². The van der Waals surface area contributed by atoms with E-state index in [1.54, 1.807) is 4.57 Å². The lowest BCUT2D eigenvalue weighted by molar-refractivity contribution is -0.0396.